The van der Waals surface area contributed by atoms with E-state index in [1.54, 1.807) is 12.3 Å². The Bertz CT molecular complexity index is 406. The van der Waals surface area contributed by atoms with Gasteiger partial charge in [0.05, 0.1) is 6.54 Å². The first-order valence-electron chi connectivity index (χ1n) is 4.81. The zero-order valence-corrected chi connectivity index (χ0v) is 8.69. The molecule has 0 aromatic carbocycles. The van der Waals surface area contributed by atoms with E-state index in [0.717, 1.165) is 5.69 Å². The summed E-state index contributed by atoms with van der Waals surface area (Å²) in [6.45, 7) is 4.71. The van der Waals surface area contributed by atoms with Crippen LogP contribution in [0.5, 0.6) is 0 Å². The second-order valence-corrected chi connectivity index (χ2v) is 3.51. The molecule has 6 heteroatoms. The Morgan fingerprint density at radius 3 is 3.00 bits per heavy atom. The molecule has 2 heterocycles. The van der Waals surface area contributed by atoms with Gasteiger partial charge in [-0.2, -0.15) is 5.10 Å². The monoisotopic (exact) mass is 207 g/mol. The van der Waals surface area contributed by atoms with E-state index in [0.29, 0.717) is 24.4 Å². The predicted octanol–water partition coefficient (Wildman–Crippen LogP) is 0.958. The quantitative estimate of drug-likeness (QED) is 0.780. The molecule has 0 aliphatic carbocycles. The largest absolute Gasteiger partial charge is 0.418 e. The number of rotatable bonds is 4. The minimum Gasteiger partial charge on any atom is -0.418 e. The minimum absolute atomic E-state index is 0.396. The molecule has 0 fully saturated rings. The van der Waals surface area contributed by atoms with Gasteiger partial charge in [0.1, 0.15) is 5.69 Å². The molecular formula is C9H13N5O. The van der Waals surface area contributed by atoms with Crippen LogP contribution in [0.15, 0.2) is 16.7 Å². The topological polar surface area (TPSA) is 79.6 Å². The summed E-state index contributed by atoms with van der Waals surface area (Å²) >= 11 is 0. The predicted molar refractivity (Wildman–Crippen MR) is 53.9 cm³/mol. The normalized spacial score (nSPS) is 11.1. The summed E-state index contributed by atoms with van der Waals surface area (Å²) < 4.78 is 5.42. The van der Waals surface area contributed by atoms with Gasteiger partial charge in [0.15, 0.2) is 0 Å². The first-order chi connectivity index (χ1) is 7.25. The van der Waals surface area contributed by atoms with E-state index >= 15 is 0 Å². The molecule has 2 N–H and O–H groups in total. The molecule has 0 aliphatic heterocycles. The highest BCUT2D eigenvalue weighted by atomic mass is 16.4. The molecule has 0 spiro atoms. The van der Waals surface area contributed by atoms with Crippen LogP contribution in [0.3, 0.4) is 0 Å². The van der Waals surface area contributed by atoms with Crippen LogP contribution in [-0.4, -0.2) is 26.4 Å². The third-order valence-corrected chi connectivity index (χ3v) is 1.86. The number of aromatic nitrogens is 4. The Balaban J connectivity index is 2.04. The van der Waals surface area contributed by atoms with Crippen molar-refractivity contribution in [3.05, 3.63) is 18.2 Å². The van der Waals surface area contributed by atoms with Crippen molar-refractivity contribution in [1.82, 2.24) is 25.7 Å². The molecule has 0 atom stereocenters. The zero-order valence-electron chi connectivity index (χ0n) is 8.69. The maximum Gasteiger partial charge on any atom is 0.265 e. The second kappa shape index (κ2) is 4.22. The summed E-state index contributed by atoms with van der Waals surface area (Å²) in [5.41, 5.74) is 0.735. The lowest BCUT2D eigenvalue weighted by molar-refractivity contribution is 0.458. The highest BCUT2D eigenvalue weighted by Crippen LogP contribution is 2.13. The van der Waals surface area contributed by atoms with Crippen molar-refractivity contribution in [2.24, 2.45) is 0 Å². The van der Waals surface area contributed by atoms with Crippen LogP contribution >= 0.6 is 0 Å². The molecule has 0 unspecified atom stereocenters. The number of H-pyrrole nitrogens is 1. The van der Waals surface area contributed by atoms with Gasteiger partial charge in [-0.15, -0.1) is 10.2 Å². The fourth-order valence-electron chi connectivity index (χ4n) is 1.10. The van der Waals surface area contributed by atoms with E-state index in [4.69, 9.17) is 4.42 Å². The number of aromatic amines is 1. The van der Waals surface area contributed by atoms with Crippen molar-refractivity contribution < 1.29 is 4.42 Å². The second-order valence-electron chi connectivity index (χ2n) is 3.51. The van der Waals surface area contributed by atoms with Crippen LogP contribution in [-0.2, 0) is 6.54 Å². The Hall–Kier alpha value is -1.69. The van der Waals surface area contributed by atoms with Gasteiger partial charge in [-0.3, -0.25) is 5.10 Å². The van der Waals surface area contributed by atoms with Crippen molar-refractivity contribution in [1.29, 1.82) is 0 Å². The molecule has 2 aromatic heterocycles. The van der Waals surface area contributed by atoms with Gasteiger partial charge in [0.25, 0.3) is 5.89 Å². The molecule has 15 heavy (non-hydrogen) atoms. The van der Waals surface area contributed by atoms with Gasteiger partial charge in [0, 0.05) is 12.2 Å². The van der Waals surface area contributed by atoms with Crippen molar-refractivity contribution in [3.63, 3.8) is 0 Å². The van der Waals surface area contributed by atoms with Crippen molar-refractivity contribution in [2.45, 2.75) is 26.4 Å². The lowest BCUT2D eigenvalue weighted by Crippen LogP contribution is -2.21. The third kappa shape index (κ3) is 2.41. The molecule has 0 bridgehead atoms. The summed E-state index contributed by atoms with van der Waals surface area (Å²) in [5, 5.41) is 17.6. The van der Waals surface area contributed by atoms with Crippen molar-refractivity contribution in [2.75, 3.05) is 0 Å². The molecule has 0 aliphatic rings. The van der Waals surface area contributed by atoms with E-state index in [-0.39, 0.29) is 0 Å². The number of nitrogens with one attached hydrogen (secondary N) is 2. The number of nitrogens with zero attached hydrogens (tertiary/aromatic N) is 3. The molecule has 2 rings (SSSR count). The average molecular weight is 207 g/mol. The van der Waals surface area contributed by atoms with Gasteiger partial charge < -0.3 is 9.73 Å². The van der Waals surface area contributed by atoms with Crippen LogP contribution in [0.4, 0.5) is 0 Å². The number of hydrogen-bond donors (Lipinski definition) is 2. The number of hydrogen-bond acceptors (Lipinski definition) is 5. The van der Waals surface area contributed by atoms with E-state index < -0.39 is 0 Å². The van der Waals surface area contributed by atoms with Crippen LogP contribution in [0.2, 0.25) is 0 Å². The molecule has 80 valence electrons. The van der Waals surface area contributed by atoms with Gasteiger partial charge in [-0.1, -0.05) is 13.8 Å². The van der Waals surface area contributed by atoms with Gasteiger partial charge in [0.2, 0.25) is 5.89 Å². The minimum atomic E-state index is 0.396. The van der Waals surface area contributed by atoms with Gasteiger partial charge in [-0.05, 0) is 6.07 Å². The maximum absolute atomic E-state index is 5.42. The molecule has 6 nitrogen and oxygen atoms in total. The third-order valence-electron chi connectivity index (χ3n) is 1.86. The Labute approximate surface area is 87.1 Å². The first kappa shape index (κ1) is 9.85. The average Bonchev–Trinajstić information content (AvgIpc) is 2.85. The fourth-order valence-corrected chi connectivity index (χ4v) is 1.10. The van der Waals surface area contributed by atoms with E-state index in [1.807, 2.05) is 0 Å². The first-order valence-corrected chi connectivity index (χ1v) is 4.81. The van der Waals surface area contributed by atoms with Gasteiger partial charge >= 0.3 is 0 Å². The van der Waals surface area contributed by atoms with E-state index in [2.05, 4.69) is 39.6 Å². The summed E-state index contributed by atoms with van der Waals surface area (Å²) in [6.07, 6.45) is 1.64. The molecular weight excluding hydrogens is 194 g/mol. The summed E-state index contributed by atoms with van der Waals surface area (Å²) in [6, 6.07) is 2.18. The lowest BCUT2D eigenvalue weighted by Gasteiger charge is -2.03. The fraction of sp³-hybridized carbons (Fsp3) is 0.444. The zero-order chi connectivity index (χ0) is 10.7. The highest BCUT2D eigenvalue weighted by molar-refractivity contribution is 5.44. The smallest absolute Gasteiger partial charge is 0.265 e. The van der Waals surface area contributed by atoms with Crippen molar-refractivity contribution >= 4 is 0 Å². The van der Waals surface area contributed by atoms with E-state index in [9.17, 15) is 0 Å². The summed E-state index contributed by atoms with van der Waals surface area (Å²) in [4.78, 5) is 0. The van der Waals surface area contributed by atoms with Crippen LogP contribution in [0, 0.1) is 0 Å². The highest BCUT2D eigenvalue weighted by Gasteiger charge is 2.09. The molecule has 0 saturated carbocycles. The Morgan fingerprint density at radius 1 is 1.47 bits per heavy atom. The molecule has 0 saturated heterocycles. The Kier molecular flexibility index (Phi) is 2.77. The molecule has 0 amide bonds. The lowest BCUT2D eigenvalue weighted by atomic mass is 10.4. The summed E-state index contributed by atoms with van der Waals surface area (Å²) in [7, 11) is 0. The maximum atomic E-state index is 5.42. The van der Waals surface area contributed by atoms with E-state index in [1.165, 1.54) is 0 Å². The molecule has 0 radical (unpaired) electrons. The van der Waals surface area contributed by atoms with Crippen LogP contribution < -0.4 is 5.32 Å². The molecule has 2 aromatic rings. The Morgan fingerprint density at radius 2 is 2.33 bits per heavy atom. The van der Waals surface area contributed by atoms with Crippen LogP contribution in [0.25, 0.3) is 11.6 Å². The summed E-state index contributed by atoms with van der Waals surface area (Å²) in [5.74, 6) is 1.04. The standard InChI is InChI=1S/C9H13N5O/c1-6(2)10-5-8-13-14-9(15-8)7-3-4-11-12-7/h3-4,6,10H,5H2,1-2H3,(H,11,12). The van der Waals surface area contributed by atoms with Crippen LogP contribution in [0.1, 0.15) is 19.7 Å². The van der Waals surface area contributed by atoms with Gasteiger partial charge in [-0.25, -0.2) is 0 Å². The SMILES string of the molecule is CC(C)NCc1nnc(-c2ccn[nH]2)o1. The van der Waals surface area contributed by atoms with Crippen molar-refractivity contribution in [3.8, 4) is 11.6 Å².